The Bertz CT molecular complexity index is 1960. The Balaban J connectivity index is 1.32. The van der Waals surface area contributed by atoms with Gasteiger partial charge >= 0.3 is 5.97 Å². The molecule has 1 aromatic carbocycles. The molecule has 1 unspecified atom stereocenters. The average Bonchev–Trinajstić information content (AvgIpc) is 3.82. The zero-order valence-corrected chi connectivity index (χ0v) is 28.2. The number of rotatable bonds is 7. The van der Waals surface area contributed by atoms with E-state index in [4.69, 9.17) is 19.2 Å². The van der Waals surface area contributed by atoms with Crippen LogP contribution >= 0.6 is 0 Å². The summed E-state index contributed by atoms with van der Waals surface area (Å²) in [6.07, 6.45) is 6.57. The molecule has 0 amide bonds. The van der Waals surface area contributed by atoms with Crippen LogP contribution in [0.2, 0.25) is 0 Å². The van der Waals surface area contributed by atoms with Crippen molar-refractivity contribution in [2.24, 2.45) is 5.41 Å². The fourth-order valence-electron chi connectivity index (χ4n) is 7.10. The SMILES string of the molecule is COC(=O)C(C)(C)C(c1cnc(C)c(CN2CC3(CCOCC3)Oc3ncccc3S2(=O)=O)c1)c1ccc2c(nnn2C2CC2)c1C. The number of aryl methyl sites for hydroxylation is 2. The third-order valence-electron chi connectivity index (χ3n) is 10.0. The first-order valence-electron chi connectivity index (χ1n) is 16.1. The number of ether oxygens (including phenoxy) is 3. The van der Waals surface area contributed by atoms with Gasteiger partial charge in [0.2, 0.25) is 15.9 Å². The smallest absolute Gasteiger partial charge is 0.312 e. The van der Waals surface area contributed by atoms with Gasteiger partial charge in [-0.15, -0.1) is 5.10 Å². The van der Waals surface area contributed by atoms with Crippen LogP contribution in [0.5, 0.6) is 5.88 Å². The maximum Gasteiger partial charge on any atom is 0.312 e. The van der Waals surface area contributed by atoms with E-state index in [-0.39, 0.29) is 29.8 Å². The molecule has 5 heterocycles. The predicted molar refractivity (Wildman–Crippen MR) is 172 cm³/mol. The average molecular weight is 661 g/mol. The summed E-state index contributed by atoms with van der Waals surface area (Å²) in [7, 11) is -2.59. The summed E-state index contributed by atoms with van der Waals surface area (Å²) >= 11 is 0. The van der Waals surface area contributed by atoms with Crippen LogP contribution in [0.4, 0.5) is 0 Å². The van der Waals surface area contributed by atoms with E-state index in [1.165, 1.54) is 17.5 Å². The first-order chi connectivity index (χ1) is 22.4. The van der Waals surface area contributed by atoms with Gasteiger partial charge in [-0.2, -0.15) is 4.31 Å². The van der Waals surface area contributed by atoms with Crippen molar-refractivity contribution >= 4 is 27.0 Å². The fourth-order valence-corrected chi connectivity index (χ4v) is 8.66. The van der Waals surface area contributed by atoms with Crippen LogP contribution in [0.25, 0.3) is 11.0 Å². The summed E-state index contributed by atoms with van der Waals surface area (Å²) in [6, 6.07) is 9.57. The number of pyridine rings is 2. The predicted octanol–water partition coefficient (Wildman–Crippen LogP) is 4.64. The highest BCUT2D eigenvalue weighted by molar-refractivity contribution is 7.89. The van der Waals surface area contributed by atoms with Crippen molar-refractivity contribution in [1.82, 2.24) is 29.3 Å². The maximum absolute atomic E-state index is 14.2. The van der Waals surface area contributed by atoms with Crippen molar-refractivity contribution in [3.05, 3.63) is 70.7 Å². The van der Waals surface area contributed by atoms with Crippen LogP contribution < -0.4 is 4.74 Å². The molecule has 47 heavy (non-hydrogen) atoms. The number of fused-ring (bicyclic) bond motifs is 2. The molecule has 4 aromatic rings. The van der Waals surface area contributed by atoms with Crippen molar-refractivity contribution in [2.45, 2.75) is 82.4 Å². The number of benzene rings is 1. The summed E-state index contributed by atoms with van der Waals surface area (Å²) in [5.74, 6) is -0.735. The maximum atomic E-state index is 14.2. The normalized spacial score (nSPS) is 19.9. The molecule has 248 valence electrons. The van der Waals surface area contributed by atoms with Gasteiger partial charge in [-0.3, -0.25) is 9.78 Å². The lowest BCUT2D eigenvalue weighted by Gasteiger charge is -2.38. The molecule has 12 nitrogen and oxygen atoms in total. The number of methoxy groups -OCH3 is 1. The molecule has 2 aliphatic heterocycles. The highest BCUT2D eigenvalue weighted by atomic mass is 32.2. The van der Waals surface area contributed by atoms with Gasteiger partial charge in [0.1, 0.15) is 16.0 Å². The van der Waals surface area contributed by atoms with Crippen LogP contribution in [0.3, 0.4) is 0 Å². The summed E-state index contributed by atoms with van der Waals surface area (Å²) in [5, 5.41) is 8.99. The lowest BCUT2D eigenvalue weighted by molar-refractivity contribution is -0.151. The van der Waals surface area contributed by atoms with Gasteiger partial charge in [0.15, 0.2) is 0 Å². The van der Waals surface area contributed by atoms with Crippen LogP contribution in [0.15, 0.2) is 47.6 Å². The Morgan fingerprint density at radius 2 is 1.91 bits per heavy atom. The Hall–Kier alpha value is -3.94. The molecule has 0 bridgehead atoms. The zero-order valence-electron chi connectivity index (χ0n) is 27.4. The molecule has 0 radical (unpaired) electrons. The van der Waals surface area contributed by atoms with Crippen molar-refractivity contribution < 1.29 is 27.4 Å². The van der Waals surface area contributed by atoms with Crippen LogP contribution in [-0.4, -0.2) is 76.1 Å². The number of esters is 1. The number of carbonyl (C=O) groups is 1. The van der Waals surface area contributed by atoms with Crippen LogP contribution in [-0.2, 0) is 30.8 Å². The highest BCUT2D eigenvalue weighted by Gasteiger charge is 2.46. The van der Waals surface area contributed by atoms with Crippen molar-refractivity contribution in [3.8, 4) is 5.88 Å². The lowest BCUT2D eigenvalue weighted by atomic mass is 9.70. The molecule has 3 aliphatic rings. The summed E-state index contributed by atoms with van der Waals surface area (Å²) < 4.78 is 49.2. The summed E-state index contributed by atoms with van der Waals surface area (Å²) in [4.78, 5) is 22.5. The third-order valence-corrected chi connectivity index (χ3v) is 11.8. The molecule has 1 spiro atoms. The Morgan fingerprint density at radius 1 is 1.15 bits per heavy atom. The third kappa shape index (κ3) is 5.47. The van der Waals surface area contributed by atoms with Crippen molar-refractivity contribution in [1.29, 1.82) is 0 Å². The van der Waals surface area contributed by atoms with E-state index in [1.807, 2.05) is 50.6 Å². The molecule has 1 saturated heterocycles. The Morgan fingerprint density at radius 3 is 2.64 bits per heavy atom. The fraction of sp³-hybridized carbons (Fsp3) is 0.500. The van der Waals surface area contributed by atoms with E-state index in [0.29, 0.717) is 37.8 Å². The topological polar surface area (TPSA) is 139 Å². The number of carbonyl (C=O) groups excluding carboxylic acids is 1. The van der Waals surface area contributed by atoms with E-state index in [1.54, 1.807) is 18.5 Å². The monoisotopic (exact) mass is 660 g/mol. The van der Waals surface area contributed by atoms with Gasteiger partial charge < -0.3 is 14.2 Å². The summed E-state index contributed by atoms with van der Waals surface area (Å²) in [6.45, 7) is 8.74. The molecule has 1 saturated carbocycles. The number of hydrogen-bond acceptors (Lipinski definition) is 10. The molecule has 1 atom stereocenters. The zero-order chi connectivity index (χ0) is 33.1. The molecule has 7 rings (SSSR count). The van der Waals surface area contributed by atoms with Crippen molar-refractivity contribution in [2.75, 3.05) is 26.9 Å². The minimum atomic E-state index is -3.99. The van der Waals surface area contributed by atoms with Crippen LogP contribution in [0, 0.1) is 19.3 Å². The van der Waals surface area contributed by atoms with Gasteiger partial charge in [0, 0.05) is 43.4 Å². The first kappa shape index (κ1) is 31.6. The van der Waals surface area contributed by atoms with Crippen molar-refractivity contribution in [3.63, 3.8) is 0 Å². The highest BCUT2D eigenvalue weighted by Crippen LogP contribution is 2.46. The minimum Gasteiger partial charge on any atom is -0.469 e. The Kier molecular flexibility index (Phi) is 7.84. The quantitative estimate of drug-likeness (QED) is 0.258. The molecule has 0 N–H and O–H groups in total. The number of hydrogen-bond donors (Lipinski definition) is 0. The summed E-state index contributed by atoms with van der Waals surface area (Å²) in [5.41, 5.74) is 4.00. The number of aromatic nitrogens is 5. The van der Waals surface area contributed by atoms with E-state index < -0.39 is 27.0 Å². The van der Waals surface area contributed by atoms with E-state index >= 15 is 0 Å². The lowest BCUT2D eigenvalue weighted by Crippen LogP contribution is -2.50. The molecular weight excluding hydrogens is 620 g/mol. The number of sulfonamides is 1. The Labute approximate surface area is 274 Å². The largest absolute Gasteiger partial charge is 0.469 e. The standard InChI is InChI=1S/C34H40N6O6S/c1-21-26(10-11-27-30(21)37-38-40(27)25-8-9-25)29(33(3,4)32(41)44-5)23-17-24(22(2)36-18-23)19-39-20-34(12-15-45-16-13-34)46-31-28(47(39,42)43)7-6-14-35-31/h6-7,10-11,14,17-18,25,29H,8-9,12-13,15-16,19-20H2,1-5H3. The minimum absolute atomic E-state index is 0.0398. The molecule has 1 aliphatic carbocycles. The van der Waals surface area contributed by atoms with E-state index in [9.17, 15) is 13.2 Å². The van der Waals surface area contributed by atoms with E-state index in [0.717, 1.165) is 46.1 Å². The second-order valence-electron chi connectivity index (χ2n) is 13.5. The molecular formula is C34H40N6O6S. The first-order valence-corrected chi connectivity index (χ1v) is 17.5. The number of nitrogens with zero attached hydrogens (tertiary/aromatic N) is 6. The van der Waals surface area contributed by atoms with Gasteiger partial charge in [-0.25, -0.2) is 18.1 Å². The van der Waals surface area contributed by atoms with Gasteiger partial charge in [0.25, 0.3) is 0 Å². The molecule has 2 fully saturated rings. The van der Waals surface area contributed by atoms with Gasteiger partial charge in [-0.05, 0) is 81.0 Å². The second-order valence-corrected chi connectivity index (χ2v) is 15.5. The molecule has 3 aromatic heterocycles. The van der Waals surface area contributed by atoms with Gasteiger partial charge in [-0.1, -0.05) is 17.3 Å². The molecule has 13 heteroatoms. The van der Waals surface area contributed by atoms with Crippen LogP contribution in [0.1, 0.15) is 79.4 Å². The second kappa shape index (κ2) is 11.6. The van der Waals surface area contributed by atoms with Gasteiger partial charge in [0.05, 0.1) is 43.8 Å². The van der Waals surface area contributed by atoms with E-state index in [2.05, 4.69) is 15.3 Å².